The van der Waals surface area contributed by atoms with Crippen molar-refractivity contribution in [1.82, 2.24) is 4.57 Å². The van der Waals surface area contributed by atoms with Gasteiger partial charge in [0.15, 0.2) is 0 Å². The minimum absolute atomic E-state index is 0.345. The molecule has 14 heavy (non-hydrogen) atoms. The van der Waals surface area contributed by atoms with E-state index in [0.717, 1.165) is 18.7 Å². The summed E-state index contributed by atoms with van der Waals surface area (Å²) in [5.74, 6) is 0. The van der Waals surface area contributed by atoms with Crippen LogP contribution in [0, 0.1) is 5.41 Å². The number of hydrogen-bond acceptors (Lipinski definition) is 1. The fraction of sp³-hybridized carbons (Fsp3) is 0.545. The van der Waals surface area contributed by atoms with Crippen LogP contribution < -0.4 is 5.73 Å². The van der Waals surface area contributed by atoms with Gasteiger partial charge in [-0.1, -0.05) is 33.0 Å². The lowest BCUT2D eigenvalue weighted by atomic mass is 9.92. The standard InChI is InChI=1S/C11H18N2S/c1-11(2,3)6-8-13-7-4-5-9(13)10(12)14/h4-5,7H,6,8H2,1-3H3,(H2,12,14). The lowest BCUT2D eigenvalue weighted by Gasteiger charge is -2.19. The van der Waals surface area contributed by atoms with E-state index < -0.39 is 0 Å². The molecule has 0 radical (unpaired) electrons. The van der Waals surface area contributed by atoms with E-state index in [2.05, 4.69) is 25.3 Å². The predicted molar refractivity (Wildman–Crippen MR) is 64.4 cm³/mol. The van der Waals surface area contributed by atoms with Crippen LogP contribution in [0.5, 0.6) is 0 Å². The first-order valence-electron chi connectivity index (χ1n) is 4.85. The van der Waals surface area contributed by atoms with Gasteiger partial charge in [-0.25, -0.2) is 0 Å². The van der Waals surface area contributed by atoms with Gasteiger partial charge in [0.1, 0.15) is 4.99 Å². The molecule has 3 heteroatoms. The first-order valence-corrected chi connectivity index (χ1v) is 5.26. The molecule has 0 saturated carbocycles. The molecule has 0 amide bonds. The van der Waals surface area contributed by atoms with Crippen molar-refractivity contribution in [3.05, 3.63) is 24.0 Å². The minimum atomic E-state index is 0.345. The van der Waals surface area contributed by atoms with E-state index >= 15 is 0 Å². The third kappa shape index (κ3) is 3.14. The summed E-state index contributed by atoms with van der Waals surface area (Å²) in [6.07, 6.45) is 3.15. The first-order chi connectivity index (χ1) is 6.40. The van der Waals surface area contributed by atoms with Crippen LogP contribution in [0.2, 0.25) is 0 Å². The van der Waals surface area contributed by atoms with Crippen LogP contribution in [0.4, 0.5) is 0 Å². The highest BCUT2D eigenvalue weighted by Gasteiger charge is 2.11. The molecule has 0 saturated heterocycles. The lowest BCUT2D eigenvalue weighted by molar-refractivity contribution is 0.350. The number of nitrogens with two attached hydrogens (primary N) is 1. The number of hydrogen-bond donors (Lipinski definition) is 1. The van der Waals surface area contributed by atoms with Gasteiger partial charge >= 0.3 is 0 Å². The normalized spacial score (nSPS) is 11.6. The van der Waals surface area contributed by atoms with Gasteiger partial charge in [-0.3, -0.25) is 0 Å². The molecular weight excluding hydrogens is 192 g/mol. The summed E-state index contributed by atoms with van der Waals surface area (Å²) in [6.45, 7) is 7.67. The van der Waals surface area contributed by atoms with Crippen molar-refractivity contribution in [2.75, 3.05) is 0 Å². The largest absolute Gasteiger partial charge is 0.388 e. The first kappa shape index (κ1) is 11.2. The van der Waals surface area contributed by atoms with Crippen molar-refractivity contribution < 1.29 is 0 Å². The van der Waals surface area contributed by atoms with E-state index in [0.29, 0.717) is 10.4 Å². The predicted octanol–water partition coefficient (Wildman–Crippen LogP) is 2.56. The van der Waals surface area contributed by atoms with Crippen molar-refractivity contribution in [1.29, 1.82) is 0 Å². The van der Waals surface area contributed by atoms with Gasteiger partial charge in [0.2, 0.25) is 0 Å². The third-order valence-corrected chi connectivity index (χ3v) is 2.39. The molecule has 1 aromatic heterocycles. The Balaban J connectivity index is 2.68. The Kier molecular flexibility index (Phi) is 3.32. The van der Waals surface area contributed by atoms with Crippen LogP contribution in [-0.2, 0) is 6.54 Å². The maximum atomic E-state index is 5.61. The van der Waals surface area contributed by atoms with E-state index in [9.17, 15) is 0 Å². The Morgan fingerprint density at radius 1 is 1.50 bits per heavy atom. The Morgan fingerprint density at radius 2 is 2.14 bits per heavy atom. The maximum absolute atomic E-state index is 5.61. The van der Waals surface area contributed by atoms with Crippen molar-refractivity contribution in [2.24, 2.45) is 11.1 Å². The highest BCUT2D eigenvalue weighted by molar-refractivity contribution is 7.80. The quantitative estimate of drug-likeness (QED) is 0.777. The van der Waals surface area contributed by atoms with E-state index in [1.54, 1.807) is 0 Å². The second kappa shape index (κ2) is 4.13. The Morgan fingerprint density at radius 3 is 2.64 bits per heavy atom. The van der Waals surface area contributed by atoms with E-state index in [-0.39, 0.29) is 0 Å². The second-order valence-corrected chi connectivity index (χ2v) is 5.20. The fourth-order valence-corrected chi connectivity index (χ4v) is 1.47. The SMILES string of the molecule is CC(C)(C)CCn1cccc1C(N)=S. The Bertz CT molecular complexity index is 320. The van der Waals surface area contributed by atoms with Gasteiger partial charge in [-0.2, -0.15) is 0 Å². The van der Waals surface area contributed by atoms with Crippen LogP contribution in [-0.4, -0.2) is 9.56 Å². The zero-order valence-corrected chi connectivity index (χ0v) is 9.90. The van der Waals surface area contributed by atoms with E-state index in [1.807, 2.05) is 18.3 Å². The monoisotopic (exact) mass is 210 g/mol. The van der Waals surface area contributed by atoms with Gasteiger partial charge in [-0.15, -0.1) is 0 Å². The molecule has 0 bridgehead atoms. The van der Waals surface area contributed by atoms with E-state index in [1.165, 1.54) is 0 Å². The van der Waals surface area contributed by atoms with Crippen LogP contribution in [0.3, 0.4) is 0 Å². The lowest BCUT2D eigenvalue weighted by Crippen LogP contribution is -2.17. The molecule has 0 unspecified atom stereocenters. The van der Waals surface area contributed by atoms with Gasteiger partial charge in [0.05, 0.1) is 5.69 Å². The average Bonchev–Trinajstić information content (AvgIpc) is 2.46. The van der Waals surface area contributed by atoms with Crippen LogP contribution in [0.15, 0.2) is 18.3 Å². The fourth-order valence-electron chi connectivity index (χ4n) is 1.29. The Hall–Kier alpha value is -0.830. The number of rotatable bonds is 3. The molecule has 0 aliphatic heterocycles. The Labute approximate surface area is 91.1 Å². The number of thiocarbonyl (C=S) groups is 1. The molecule has 2 nitrogen and oxygen atoms in total. The molecule has 2 N–H and O–H groups in total. The molecule has 1 heterocycles. The number of nitrogens with zero attached hydrogens (tertiary/aromatic N) is 1. The van der Waals surface area contributed by atoms with Gasteiger partial charge in [0, 0.05) is 12.7 Å². The van der Waals surface area contributed by atoms with Crippen molar-refractivity contribution in [3.8, 4) is 0 Å². The zero-order valence-electron chi connectivity index (χ0n) is 9.08. The summed E-state index contributed by atoms with van der Waals surface area (Å²) in [6, 6.07) is 3.95. The molecule has 1 aromatic rings. The van der Waals surface area contributed by atoms with Crippen LogP contribution >= 0.6 is 12.2 Å². The van der Waals surface area contributed by atoms with Gasteiger partial charge in [0.25, 0.3) is 0 Å². The second-order valence-electron chi connectivity index (χ2n) is 4.76. The highest BCUT2D eigenvalue weighted by atomic mass is 32.1. The number of aryl methyl sites for hydroxylation is 1. The van der Waals surface area contributed by atoms with Crippen molar-refractivity contribution in [3.63, 3.8) is 0 Å². The highest BCUT2D eigenvalue weighted by Crippen LogP contribution is 2.20. The summed E-state index contributed by atoms with van der Waals surface area (Å²) >= 11 is 4.97. The van der Waals surface area contributed by atoms with Gasteiger partial charge in [-0.05, 0) is 24.0 Å². The van der Waals surface area contributed by atoms with E-state index in [4.69, 9.17) is 18.0 Å². The van der Waals surface area contributed by atoms with Crippen molar-refractivity contribution >= 4 is 17.2 Å². The van der Waals surface area contributed by atoms with Crippen LogP contribution in [0.1, 0.15) is 32.9 Å². The smallest absolute Gasteiger partial charge is 0.120 e. The molecule has 0 aliphatic carbocycles. The molecule has 0 spiro atoms. The molecule has 1 rings (SSSR count). The molecular formula is C11H18N2S. The van der Waals surface area contributed by atoms with Crippen LogP contribution in [0.25, 0.3) is 0 Å². The summed E-state index contributed by atoms with van der Waals surface area (Å²) in [5, 5.41) is 0. The maximum Gasteiger partial charge on any atom is 0.120 e. The summed E-state index contributed by atoms with van der Waals surface area (Å²) in [7, 11) is 0. The zero-order chi connectivity index (χ0) is 10.8. The molecule has 78 valence electrons. The average molecular weight is 210 g/mol. The summed E-state index contributed by atoms with van der Waals surface area (Å²) < 4.78 is 2.12. The summed E-state index contributed by atoms with van der Waals surface area (Å²) in [5.41, 5.74) is 6.92. The molecule has 0 fully saturated rings. The molecule has 0 aliphatic rings. The third-order valence-electron chi connectivity index (χ3n) is 2.18. The molecule has 0 aromatic carbocycles. The van der Waals surface area contributed by atoms with Gasteiger partial charge < -0.3 is 10.3 Å². The summed E-state index contributed by atoms with van der Waals surface area (Å²) in [4.78, 5) is 0.476. The molecule has 0 atom stereocenters. The number of aromatic nitrogens is 1. The topological polar surface area (TPSA) is 30.9 Å². The minimum Gasteiger partial charge on any atom is -0.388 e. The van der Waals surface area contributed by atoms with Crippen molar-refractivity contribution in [2.45, 2.75) is 33.7 Å².